The topological polar surface area (TPSA) is 35.0 Å². The van der Waals surface area contributed by atoms with Crippen LogP contribution >= 0.6 is 11.3 Å². The molecule has 0 bridgehead atoms. The van der Waals surface area contributed by atoms with E-state index in [9.17, 15) is 0 Å². The van der Waals surface area contributed by atoms with Gasteiger partial charge in [-0.25, -0.2) is 9.97 Å². The first-order valence-corrected chi connectivity index (χ1v) is 7.77. The molecule has 4 heteroatoms. The van der Waals surface area contributed by atoms with Crippen LogP contribution in [-0.2, 0) is 0 Å². The van der Waals surface area contributed by atoms with Crippen LogP contribution in [-0.4, -0.2) is 16.6 Å². The second-order valence-electron chi connectivity index (χ2n) is 4.64. The van der Waals surface area contributed by atoms with Gasteiger partial charge in [-0.1, -0.05) is 12.1 Å². The Hall–Kier alpha value is -2.20. The quantitative estimate of drug-likeness (QED) is 0.707. The first kappa shape index (κ1) is 13.8. The van der Waals surface area contributed by atoms with E-state index in [1.165, 1.54) is 10.4 Å². The van der Waals surface area contributed by atoms with Gasteiger partial charge in [-0.15, -0.1) is 11.3 Å². The molecule has 3 aromatic rings. The van der Waals surface area contributed by atoms with Gasteiger partial charge in [-0.2, -0.15) is 0 Å². The SMILES string of the molecule is CCOc1nc2ccccc2nc1/C=C/c1sccc1C. The second kappa shape index (κ2) is 6.06. The normalized spacial score (nSPS) is 11.3. The number of ether oxygens (including phenoxy) is 1. The van der Waals surface area contributed by atoms with Crippen molar-refractivity contribution >= 4 is 34.5 Å². The van der Waals surface area contributed by atoms with E-state index < -0.39 is 0 Å². The molecule has 0 unspecified atom stereocenters. The van der Waals surface area contributed by atoms with Crippen LogP contribution in [0, 0.1) is 6.92 Å². The largest absolute Gasteiger partial charge is 0.476 e. The van der Waals surface area contributed by atoms with Crippen molar-refractivity contribution in [1.29, 1.82) is 0 Å². The summed E-state index contributed by atoms with van der Waals surface area (Å²) in [6.07, 6.45) is 4.05. The molecule has 0 aliphatic rings. The van der Waals surface area contributed by atoms with Crippen LogP contribution in [0.4, 0.5) is 0 Å². The molecule has 0 fully saturated rings. The first-order valence-electron chi connectivity index (χ1n) is 6.89. The maximum absolute atomic E-state index is 5.62. The molecule has 0 amide bonds. The highest BCUT2D eigenvalue weighted by Crippen LogP contribution is 2.23. The van der Waals surface area contributed by atoms with E-state index in [2.05, 4.69) is 34.4 Å². The molecule has 106 valence electrons. The molecule has 0 aliphatic heterocycles. The van der Waals surface area contributed by atoms with Gasteiger partial charge in [-0.05, 0) is 55.1 Å². The number of aryl methyl sites for hydroxylation is 1. The molecule has 0 saturated carbocycles. The van der Waals surface area contributed by atoms with Gasteiger partial charge in [0.2, 0.25) is 5.88 Å². The third-order valence-corrected chi connectivity index (χ3v) is 4.12. The van der Waals surface area contributed by atoms with Crippen molar-refractivity contribution in [3.05, 3.63) is 51.8 Å². The predicted molar refractivity (Wildman–Crippen MR) is 88.7 cm³/mol. The zero-order valence-electron chi connectivity index (χ0n) is 12.0. The van der Waals surface area contributed by atoms with Crippen LogP contribution in [0.1, 0.15) is 23.1 Å². The maximum Gasteiger partial charge on any atom is 0.240 e. The van der Waals surface area contributed by atoms with Crippen molar-refractivity contribution in [3.63, 3.8) is 0 Å². The van der Waals surface area contributed by atoms with Crippen LogP contribution in [0.2, 0.25) is 0 Å². The summed E-state index contributed by atoms with van der Waals surface area (Å²) in [5.41, 5.74) is 3.76. The smallest absolute Gasteiger partial charge is 0.240 e. The third-order valence-electron chi connectivity index (χ3n) is 3.14. The lowest BCUT2D eigenvalue weighted by atomic mass is 10.2. The Morgan fingerprint density at radius 2 is 1.86 bits per heavy atom. The summed E-state index contributed by atoms with van der Waals surface area (Å²) in [6, 6.07) is 9.94. The number of aromatic nitrogens is 2. The Balaban J connectivity index is 2.05. The monoisotopic (exact) mass is 296 g/mol. The maximum atomic E-state index is 5.62. The van der Waals surface area contributed by atoms with Gasteiger partial charge in [0, 0.05) is 4.88 Å². The van der Waals surface area contributed by atoms with Crippen molar-refractivity contribution in [2.75, 3.05) is 6.61 Å². The van der Waals surface area contributed by atoms with Crippen LogP contribution in [0.15, 0.2) is 35.7 Å². The first-order chi connectivity index (χ1) is 10.3. The molecule has 3 rings (SSSR count). The summed E-state index contributed by atoms with van der Waals surface area (Å²) in [5, 5.41) is 2.09. The lowest BCUT2D eigenvalue weighted by Gasteiger charge is -2.07. The Morgan fingerprint density at radius 1 is 1.10 bits per heavy atom. The number of benzene rings is 1. The minimum atomic E-state index is 0.575. The minimum absolute atomic E-state index is 0.575. The van der Waals surface area contributed by atoms with Crippen molar-refractivity contribution in [1.82, 2.24) is 9.97 Å². The van der Waals surface area contributed by atoms with E-state index in [-0.39, 0.29) is 0 Å². The summed E-state index contributed by atoms with van der Waals surface area (Å²) in [7, 11) is 0. The molecule has 21 heavy (non-hydrogen) atoms. The van der Waals surface area contributed by atoms with E-state index >= 15 is 0 Å². The highest BCUT2D eigenvalue weighted by Gasteiger charge is 2.07. The number of para-hydroxylation sites is 2. The fraction of sp³-hybridized carbons (Fsp3) is 0.176. The zero-order chi connectivity index (χ0) is 14.7. The summed E-state index contributed by atoms with van der Waals surface area (Å²) in [4.78, 5) is 10.4. The van der Waals surface area contributed by atoms with Gasteiger partial charge in [-0.3, -0.25) is 0 Å². The van der Waals surface area contributed by atoms with Gasteiger partial charge in [0.1, 0.15) is 5.69 Å². The number of fused-ring (bicyclic) bond motifs is 1. The summed E-state index contributed by atoms with van der Waals surface area (Å²) in [5.74, 6) is 0.585. The lowest BCUT2D eigenvalue weighted by Crippen LogP contribution is -1.99. The number of hydrogen-bond acceptors (Lipinski definition) is 4. The Labute approximate surface area is 127 Å². The molecule has 2 heterocycles. The van der Waals surface area contributed by atoms with Crippen molar-refractivity contribution in [2.45, 2.75) is 13.8 Å². The minimum Gasteiger partial charge on any atom is -0.476 e. The molecule has 0 aliphatic carbocycles. The molecular formula is C17H16N2OS. The van der Waals surface area contributed by atoms with Gasteiger partial charge < -0.3 is 4.74 Å². The van der Waals surface area contributed by atoms with Crippen LogP contribution in [0.25, 0.3) is 23.2 Å². The summed E-state index contributed by atoms with van der Waals surface area (Å²) >= 11 is 1.72. The van der Waals surface area contributed by atoms with Crippen LogP contribution in [0.3, 0.4) is 0 Å². The Bertz CT molecular complexity index is 792. The summed E-state index contributed by atoms with van der Waals surface area (Å²) in [6.45, 7) is 4.63. The van der Waals surface area contributed by atoms with E-state index in [0.717, 1.165) is 16.7 Å². The number of thiophene rings is 1. The van der Waals surface area contributed by atoms with Crippen molar-refractivity contribution in [3.8, 4) is 5.88 Å². The molecule has 0 spiro atoms. The number of rotatable bonds is 4. The Morgan fingerprint density at radius 3 is 2.52 bits per heavy atom. The van der Waals surface area contributed by atoms with E-state index in [1.54, 1.807) is 11.3 Å². The molecule has 0 N–H and O–H groups in total. The van der Waals surface area contributed by atoms with Gasteiger partial charge in [0.05, 0.1) is 17.6 Å². The van der Waals surface area contributed by atoms with Gasteiger partial charge in [0.25, 0.3) is 0 Å². The standard InChI is InChI=1S/C17H16N2OS/c1-3-20-17-15(8-9-16-12(2)10-11-21-16)18-13-6-4-5-7-14(13)19-17/h4-11H,3H2,1-2H3/b9-8+. The molecule has 0 atom stereocenters. The number of hydrogen-bond donors (Lipinski definition) is 0. The van der Waals surface area contributed by atoms with E-state index in [4.69, 9.17) is 4.74 Å². The second-order valence-corrected chi connectivity index (χ2v) is 5.58. The molecular weight excluding hydrogens is 280 g/mol. The van der Waals surface area contributed by atoms with Crippen molar-refractivity contribution in [2.24, 2.45) is 0 Å². The van der Waals surface area contributed by atoms with E-state index in [0.29, 0.717) is 12.5 Å². The van der Waals surface area contributed by atoms with E-state index in [1.807, 2.05) is 37.3 Å². The molecule has 3 nitrogen and oxygen atoms in total. The lowest BCUT2D eigenvalue weighted by molar-refractivity contribution is 0.326. The third kappa shape index (κ3) is 2.95. The fourth-order valence-electron chi connectivity index (χ4n) is 2.06. The van der Waals surface area contributed by atoms with Crippen LogP contribution in [0.5, 0.6) is 5.88 Å². The average molecular weight is 296 g/mol. The highest BCUT2D eigenvalue weighted by molar-refractivity contribution is 7.11. The molecule has 2 aromatic heterocycles. The molecule has 0 radical (unpaired) electrons. The van der Waals surface area contributed by atoms with Gasteiger partial charge >= 0.3 is 0 Å². The zero-order valence-corrected chi connectivity index (χ0v) is 12.9. The Kier molecular flexibility index (Phi) is 3.97. The predicted octanol–water partition coefficient (Wildman–Crippen LogP) is 4.57. The highest BCUT2D eigenvalue weighted by atomic mass is 32.1. The number of nitrogens with zero attached hydrogens (tertiary/aromatic N) is 2. The fourth-order valence-corrected chi connectivity index (χ4v) is 2.88. The van der Waals surface area contributed by atoms with Crippen LogP contribution < -0.4 is 4.74 Å². The molecule has 0 saturated heterocycles. The molecule has 1 aromatic carbocycles. The van der Waals surface area contributed by atoms with Crippen molar-refractivity contribution < 1.29 is 4.74 Å². The van der Waals surface area contributed by atoms with Gasteiger partial charge in [0.15, 0.2) is 0 Å². The summed E-state index contributed by atoms with van der Waals surface area (Å²) < 4.78 is 5.62. The average Bonchev–Trinajstić information content (AvgIpc) is 2.90.